The summed E-state index contributed by atoms with van der Waals surface area (Å²) in [4.78, 5) is 24.5. The number of likely N-dealkylation sites (tertiary alicyclic amines) is 2. The normalized spacial score (nSPS) is 20.9. The molecule has 6 heteroatoms. The van der Waals surface area contributed by atoms with E-state index in [-0.39, 0.29) is 17.6 Å². The summed E-state index contributed by atoms with van der Waals surface area (Å²) in [6.45, 7) is 5.54. The second-order valence-corrected chi connectivity index (χ2v) is 9.30. The minimum absolute atomic E-state index is 0.0458. The van der Waals surface area contributed by atoms with Crippen molar-refractivity contribution in [1.82, 2.24) is 19.7 Å². The Morgan fingerprint density at radius 3 is 2.69 bits per heavy atom. The van der Waals surface area contributed by atoms with Crippen LogP contribution >= 0.6 is 0 Å². The fourth-order valence-electron chi connectivity index (χ4n) is 5.11. The third kappa shape index (κ3) is 6.14. The molecular weight excluding hydrogens is 403 g/mol. The van der Waals surface area contributed by atoms with E-state index in [1.807, 2.05) is 36.3 Å². The van der Waals surface area contributed by atoms with Gasteiger partial charge in [0.15, 0.2) is 0 Å². The number of pyridine rings is 1. The van der Waals surface area contributed by atoms with Crippen molar-refractivity contribution in [2.24, 2.45) is 5.92 Å². The molecule has 0 N–H and O–H groups in total. The molecule has 5 nitrogen and oxygen atoms in total. The quantitative estimate of drug-likeness (QED) is 0.662. The fourth-order valence-corrected chi connectivity index (χ4v) is 5.11. The molecule has 2 saturated heterocycles. The number of nitrogens with zero attached hydrogens (tertiary/aromatic N) is 4. The number of amides is 1. The molecule has 2 aliphatic rings. The van der Waals surface area contributed by atoms with E-state index in [1.165, 1.54) is 6.07 Å². The molecule has 0 aliphatic carbocycles. The Kier molecular flexibility index (Phi) is 7.87. The van der Waals surface area contributed by atoms with E-state index in [1.54, 1.807) is 12.1 Å². The van der Waals surface area contributed by atoms with E-state index >= 15 is 0 Å². The Morgan fingerprint density at radius 2 is 1.94 bits per heavy atom. The van der Waals surface area contributed by atoms with Gasteiger partial charge in [0.2, 0.25) is 5.91 Å². The first kappa shape index (κ1) is 22.9. The summed E-state index contributed by atoms with van der Waals surface area (Å²) in [7, 11) is 1.99. The average molecular weight is 439 g/mol. The van der Waals surface area contributed by atoms with Crippen LogP contribution < -0.4 is 0 Å². The van der Waals surface area contributed by atoms with Crippen LogP contribution in [0.1, 0.15) is 36.9 Å². The summed E-state index contributed by atoms with van der Waals surface area (Å²) >= 11 is 0. The molecule has 0 spiro atoms. The molecule has 0 saturated carbocycles. The van der Waals surface area contributed by atoms with Gasteiger partial charge in [-0.15, -0.1) is 0 Å². The lowest BCUT2D eigenvalue weighted by Crippen LogP contribution is -2.50. The molecule has 0 radical (unpaired) electrons. The monoisotopic (exact) mass is 438 g/mol. The zero-order valence-electron chi connectivity index (χ0n) is 19.1. The van der Waals surface area contributed by atoms with Gasteiger partial charge in [-0.1, -0.05) is 18.2 Å². The van der Waals surface area contributed by atoms with E-state index in [4.69, 9.17) is 0 Å². The van der Waals surface area contributed by atoms with Crippen LogP contribution in [0.5, 0.6) is 0 Å². The first-order valence-electron chi connectivity index (χ1n) is 11.9. The number of aromatic nitrogens is 1. The van der Waals surface area contributed by atoms with Crippen LogP contribution in [-0.4, -0.2) is 71.4 Å². The third-order valence-corrected chi connectivity index (χ3v) is 7.01. The van der Waals surface area contributed by atoms with Crippen molar-refractivity contribution in [2.75, 3.05) is 39.8 Å². The van der Waals surface area contributed by atoms with Gasteiger partial charge in [0.1, 0.15) is 5.82 Å². The third-order valence-electron chi connectivity index (χ3n) is 7.01. The van der Waals surface area contributed by atoms with Crippen molar-refractivity contribution in [3.63, 3.8) is 0 Å². The Bertz CT molecular complexity index is 869. The lowest BCUT2D eigenvalue weighted by atomic mass is 9.94. The van der Waals surface area contributed by atoms with Gasteiger partial charge < -0.3 is 9.80 Å². The molecule has 32 heavy (non-hydrogen) atoms. The molecular formula is C26H35FN4O. The number of hydrogen-bond acceptors (Lipinski definition) is 4. The van der Waals surface area contributed by atoms with Crippen LogP contribution in [0.3, 0.4) is 0 Å². The van der Waals surface area contributed by atoms with Crippen molar-refractivity contribution in [3.05, 3.63) is 65.7 Å². The molecule has 2 fully saturated rings. The van der Waals surface area contributed by atoms with Crippen LogP contribution in [0.4, 0.5) is 4.39 Å². The molecule has 0 bridgehead atoms. The zero-order valence-corrected chi connectivity index (χ0v) is 19.1. The van der Waals surface area contributed by atoms with Gasteiger partial charge in [0.05, 0.1) is 5.92 Å². The van der Waals surface area contributed by atoms with Crippen molar-refractivity contribution in [2.45, 2.75) is 44.7 Å². The van der Waals surface area contributed by atoms with E-state index in [2.05, 4.69) is 20.9 Å². The van der Waals surface area contributed by atoms with Crippen molar-refractivity contribution < 1.29 is 9.18 Å². The van der Waals surface area contributed by atoms with Gasteiger partial charge in [-0.2, -0.15) is 0 Å². The summed E-state index contributed by atoms with van der Waals surface area (Å²) in [5.41, 5.74) is 2.12. The Hall–Kier alpha value is -2.31. The molecule has 1 unspecified atom stereocenters. The van der Waals surface area contributed by atoms with Gasteiger partial charge in [-0.25, -0.2) is 4.39 Å². The highest BCUT2D eigenvalue weighted by molar-refractivity contribution is 5.79. The maximum Gasteiger partial charge on any atom is 0.226 e. The number of carbonyl (C=O) groups is 1. The molecule has 3 heterocycles. The molecule has 1 amide bonds. The first-order chi connectivity index (χ1) is 15.6. The number of hydrogen-bond donors (Lipinski definition) is 0. The highest BCUT2D eigenvalue weighted by Gasteiger charge is 2.32. The summed E-state index contributed by atoms with van der Waals surface area (Å²) in [5.74, 6) is 0.128. The second-order valence-electron chi connectivity index (χ2n) is 9.30. The fraction of sp³-hybridized carbons (Fsp3) is 0.538. The summed E-state index contributed by atoms with van der Waals surface area (Å²) in [6.07, 6.45) is 6.86. The molecule has 2 aliphatic heterocycles. The van der Waals surface area contributed by atoms with Crippen LogP contribution in [0.15, 0.2) is 48.7 Å². The zero-order chi connectivity index (χ0) is 22.3. The SMILES string of the molecule is CN(C(=O)C1CCCN(Cc2cccc(F)c2)C1)C1CCN(CCc2ccccn2)CC1. The Balaban J connectivity index is 1.23. The van der Waals surface area contributed by atoms with Crippen molar-refractivity contribution in [1.29, 1.82) is 0 Å². The topological polar surface area (TPSA) is 39.7 Å². The van der Waals surface area contributed by atoms with Crippen molar-refractivity contribution in [3.8, 4) is 0 Å². The molecule has 1 atom stereocenters. The minimum Gasteiger partial charge on any atom is -0.342 e. The summed E-state index contributed by atoms with van der Waals surface area (Å²) < 4.78 is 13.5. The van der Waals surface area contributed by atoms with Gasteiger partial charge >= 0.3 is 0 Å². The van der Waals surface area contributed by atoms with Crippen LogP contribution in [0.25, 0.3) is 0 Å². The van der Waals surface area contributed by atoms with Gasteiger partial charge in [0.25, 0.3) is 0 Å². The summed E-state index contributed by atoms with van der Waals surface area (Å²) in [5, 5.41) is 0. The van der Waals surface area contributed by atoms with E-state index in [0.29, 0.717) is 12.6 Å². The highest BCUT2D eigenvalue weighted by atomic mass is 19.1. The highest BCUT2D eigenvalue weighted by Crippen LogP contribution is 2.24. The van der Waals surface area contributed by atoms with Crippen LogP contribution in [0, 0.1) is 11.7 Å². The Labute approximate surface area is 191 Å². The van der Waals surface area contributed by atoms with Crippen LogP contribution in [0.2, 0.25) is 0 Å². The number of halogens is 1. The molecule has 172 valence electrons. The smallest absolute Gasteiger partial charge is 0.226 e. The number of benzene rings is 1. The maximum absolute atomic E-state index is 13.5. The van der Waals surface area contributed by atoms with E-state index < -0.39 is 0 Å². The van der Waals surface area contributed by atoms with Crippen molar-refractivity contribution >= 4 is 5.91 Å². The average Bonchev–Trinajstić information content (AvgIpc) is 2.83. The molecule has 4 rings (SSSR count). The van der Waals surface area contributed by atoms with E-state index in [0.717, 1.165) is 76.1 Å². The number of piperidine rings is 2. The lowest BCUT2D eigenvalue weighted by molar-refractivity contribution is -0.139. The van der Waals surface area contributed by atoms with Crippen LogP contribution in [-0.2, 0) is 17.8 Å². The van der Waals surface area contributed by atoms with E-state index in [9.17, 15) is 9.18 Å². The lowest BCUT2D eigenvalue weighted by Gasteiger charge is -2.40. The maximum atomic E-state index is 13.5. The second kappa shape index (κ2) is 11.0. The van der Waals surface area contributed by atoms with Gasteiger partial charge in [0, 0.05) is 64.1 Å². The molecule has 1 aromatic carbocycles. The predicted octanol–water partition coefficient (Wildman–Crippen LogP) is 3.60. The van der Waals surface area contributed by atoms with Gasteiger partial charge in [-0.05, 0) is 62.1 Å². The largest absolute Gasteiger partial charge is 0.342 e. The van der Waals surface area contributed by atoms with Gasteiger partial charge in [-0.3, -0.25) is 14.7 Å². The predicted molar refractivity (Wildman–Crippen MR) is 125 cm³/mol. The molecule has 1 aromatic heterocycles. The minimum atomic E-state index is -0.196. The standard InChI is InChI=1S/C26H35FN4O/c1-29(25-11-16-30(17-12-25)15-10-24-9-2-3-13-28-24)26(32)22-7-5-14-31(20-22)19-21-6-4-8-23(27)18-21/h2-4,6,8-9,13,18,22,25H,5,7,10-12,14-17,19-20H2,1H3. The summed E-state index contributed by atoms with van der Waals surface area (Å²) in [6, 6.07) is 13.2. The number of rotatable bonds is 7. The molecule has 2 aromatic rings. The first-order valence-corrected chi connectivity index (χ1v) is 11.9. The Morgan fingerprint density at radius 1 is 1.09 bits per heavy atom. The number of carbonyl (C=O) groups excluding carboxylic acids is 1.